The minimum Gasteiger partial charge on any atom is -0.311 e. The van der Waals surface area contributed by atoms with E-state index in [4.69, 9.17) is 0 Å². The number of nitrogens with zero attached hydrogens (tertiary/aromatic N) is 2. The van der Waals surface area contributed by atoms with Crippen molar-refractivity contribution in [2.45, 2.75) is 32.7 Å². The van der Waals surface area contributed by atoms with Gasteiger partial charge in [-0.2, -0.15) is 0 Å². The summed E-state index contributed by atoms with van der Waals surface area (Å²) in [5.74, 6) is 0.480. The molecular weight excluding hydrogens is 250 g/mol. The second-order valence-electron chi connectivity index (χ2n) is 3.98. The van der Waals surface area contributed by atoms with Gasteiger partial charge in [0.25, 0.3) is 0 Å². The predicted octanol–water partition coefficient (Wildman–Crippen LogP) is 3.06. The van der Waals surface area contributed by atoms with Crippen LogP contribution < -0.4 is 5.32 Å². The van der Waals surface area contributed by atoms with Crippen LogP contribution in [0.3, 0.4) is 0 Å². The van der Waals surface area contributed by atoms with Crippen molar-refractivity contribution in [2.75, 3.05) is 6.54 Å². The summed E-state index contributed by atoms with van der Waals surface area (Å²) in [7, 11) is 0. The maximum absolute atomic E-state index is 4.35. The quantitative estimate of drug-likeness (QED) is 0.874. The highest BCUT2D eigenvalue weighted by atomic mass is 32.1. The number of aromatic nitrogens is 2. The summed E-state index contributed by atoms with van der Waals surface area (Å²) >= 11 is 3.52. The molecule has 5 heteroatoms. The van der Waals surface area contributed by atoms with Crippen molar-refractivity contribution in [3.8, 4) is 0 Å². The summed E-state index contributed by atoms with van der Waals surface area (Å²) in [6, 6.07) is 0. The molecule has 0 spiro atoms. The van der Waals surface area contributed by atoms with Crippen molar-refractivity contribution < 1.29 is 0 Å². The van der Waals surface area contributed by atoms with Gasteiger partial charge in [-0.25, -0.2) is 9.97 Å². The van der Waals surface area contributed by atoms with Gasteiger partial charge in [0, 0.05) is 41.7 Å². The Morgan fingerprint density at radius 1 is 1.41 bits per heavy atom. The maximum atomic E-state index is 4.35. The van der Waals surface area contributed by atoms with E-state index in [0.717, 1.165) is 19.5 Å². The van der Waals surface area contributed by atoms with Crippen molar-refractivity contribution in [3.05, 3.63) is 32.7 Å². The number of rotatable bonds is 6. The van der Waals surface area contributed by atoms with Gasteiger partial charge in [-0.3, -0.25) is 0 Å². The molecule has 0 amide bonds. The standard InChI is InChI=1S/C12H17N3S2/c1-3-11-15-8-10(17-11)7-13-6-9(2)12-14-4-5-16-12/h4-5,8-9,13H,3,6-7H2,1-2H3. The van der Waals surface area contributed by atoms with E-state index in [9.17, 15) is 0 Å². The Labute approximate surface area is 110 Å². The SMILES string of the molecule is CCc1ncc(CNCC(C)c2nccs2)s1. The van der Waals surface area contributed by atoms with E-state index in [1.165, 1.54) is 14.9 Å². The topological polar surface area (TPSA) is 37.8 Å². The van der Waals surface area contributed by atoms with E-state index >= 15 is 0 Å². The molecule has 0 saturated carbocycles. The Hall–Kier alpha value is -0.780. The Morgan fingerprint density at radius 2 is 2.29 bits per heavy atom. The largest absolute Gasteiger partial charge is 0.311 e. The van der Waals surface area contributed by atoms with Gasteiger partial charge >= 0.3 is 0 Å². The monoisotopic (exact) mass is 267 g/mol. The first-order valence-corrected chi connectivity index (χ1v) is 7.53. The summed E-state index contributed by atoms with van der Waals surface area (Å²) in [6.45, 7) is 6.22. The van der Waals surface area contributed by atoms with Crippen LogP contribution in [0.1, 0.15) is 34.7 Å². The Kier molecular flexibility index (Phi) is 4.65. The van der Waals surface area contributed by atoms with Crippen LogP contribution in [0.25, 0.3) is 0 Å². The van der Waals surface area contributed by atoms with Crippen LogP contribution in [0.4, 0.5) is 0 Å². The molecule has 92 valence electrons. The summed E-state index contributed by atoms with van der Waals surface area (Å²) in [6.07, 6.45) is 4.87. The van der Waals surface area contributed by atoms with Crippen LogP contribution in [0.15, 0.2) is 17.8 Å². The summed E-state index contributed by atoms with van der Waals surface area (Å²) in [5.41, 5.74) is 0. The number of thiazole rings is 2. The lowest BCUT2D eigenvalue weighted by atomic mass is 10.2. The van der Waals surface area contributed by atoms with Crippen molar-refractivity contribution in [3.63, 3.8) is 0 Å². The van der Waals surface area contributed by atoms with Crippen molar-refractivity contribution >= 4 is 22.7 Å². The fraction of sp³-hybridized carbons (Fsp3) is 0.500. The van der Waals surface area contributed by atoms with Gasteiger partial charge in [0.2, 0.25) is 0 Å². The Morgan fingerprint density at radius 3 is 2.94 bits per heavy atom. The molecule has 0 aromatic carbocycles. The highest BCUT2D eigenvalue weighted by molar-refractivity contribution is 7.11. The van der Waals surface area contributed by atoms with Crippen LogP contribution in [-0.4, -0.2) is 16.5 Å². The number of nitrogens with one attached hydrogen (secondary N) is 1. The van der Waals surface area contributed by atoms with Crippen LogP contribution in [0.5, 0.6) is 0 Å². The van der Waals surface area contributed by atoms with Crippen molar-refractivity contribution in [1.82, 2.24) is 15.3 Å². The summed E-state index contributed by atoms with van der Waals surface area (Å²) < 4.78 is 0. The average molecular weight is 267 g/mol. The molecule has 1 unspecified atom stereocenters. The predicted molar refractivity (Wildman–Crippen MR) is 73.7 cm³/mol. The maximum Gasteiger partial charge on any atom is 0.0965 e. The van der Waals surface area contributed by atoms with Crippen molar-refractivity contribution in [1.29, 1.82) is 0 Å². The van der Waals surface area contributed by atoms with E-state index in [0.29, 0.717) is 5.92 Å². The molecular formula is C12H17N3S2. The minimum atomic E-state index is 0.480. The molecule has 0 aliphatic heterocycles. The fourth-order valence-electron chi connectivity index (χ4n) is 1.57. The normalized spacial score (nSPS) is 12.8. The van der Waals surface area contributed by atoms with Crippen molar-refractivity contribution in [2.24, 2.45) is 0 Å². The Balaban J connectivity index is 1.76. The summed E-state index contributed by atoms with van der Waals surface area (Å²) in [5, 5.41) is 7.92. The smallest absolute Gasteiger partial charge is 0.0965 e. The zero-order valence-electron chi connectivity index (χ0n) is 10.1. The number of hydrogen-bond acceptors (Lipinski definition) is 5. The van der Waals surface area contributed by atoms with Gasteiger partial charge in [0.05, 0.1) is 10.0 Å². The molecule has 0 saturated heterocycles. The van der Waals surface area contributed by atoms with Crippen LogP contribution in [0.2, 0.25) is 0 Å². The highest BCUT2D eigenvalue weighted by Gasteiger charge is 2.07. The first-order valence-electron chi connectivity index (χ1n) is 5.83. The molecule has 2 aromatic heterocycles. The van der Waals surface area contributed by atoms with E-state index in [-0.39, 0.29) is 0 Å². The molecule has 0 aliphatic rings. The third kappa shape index (κ3) is 3.59. The fourth-order valence-corrected chi connectivity index (χ4v) is 3.10. The van der Waals surface area contributed by atoms with Gasteiger partial charge < -0.3 is 5.32 Å². The molecule has 3 nitrogen and oxygen atoms in total. The van der Waals surface area contributed by atoms with E-state index in [1.54, 1.807) is 22.7 Å². The molecule has 1 atom stereocenters. The third-order valence-electron chi connectivity index (χ3n) is 2.53. The molecule has 0 fully saturated rings. The third-order valence-corrected chi connectivity index (χ3v) is 4.68. The van der Waals surface area contributed by atoms with Crippen LogP contribution in [0, 0.1) is 0 Å². The molecule has 2 heterocycles. The zero-order chi connectivity index (χ0) is 12.1. The molecule has 17 heavy (non-hydrogen) atoms. The lowest BCUT2D eigenvalue weighted by molar-refractivity contribution is 0.616. The van der Waals surface area contributed by atoms with E-state index in [2.05, 4.69) is 29.1 Å². The first-order chi connectivity index (χ1) is 8.29. The highest BCUT2D eigenvalue weighted by Crippen LogP contribution is 2.17. The number of aryl methyl sites for hydroxylation is 1. The molecule has 1 N–H and O–H groups in total. The van der Waals surface area contributed by atoms with Gasteiger partial charge in [-0.15, -0.1) is 22.7 Å². The van der Waals surface area contributed by atoms with Gasteiger partial charge in [-0.1, -0.05) is 13.8 Å². The molecule has 0 radical (unpaired) electrons. The Bertz CT molecular complexity index is 436. The van der Waals surface area contributed by atoms with E-state index in [1.807, 2.05) is 17.8 Å². The zero-order valence-corrected chi connectivity index (χ0v) is 11.8. The lowest BCUT2D eigenvalue weighted by Gasteiger charge is -2.08. The van der Waals surface area contributed by atoms with Gasteiger partial charge in [0.15, 0.2) is 0 Å². The summed E-state index contributed by atoms with van der Waals surface area (Å²) in [4.78, 5) is 9.99. The first kappa shape index (κ1) is 12.7. The minimum absolute atomic E-state index is 0.480. The van der Waals surface area contributed by atoms with Crippen LogP contribution in [-0.2, 0) is 13.0 Å². The van der Waals surface area contributed by atoms with Gasteiger partial charge in [0.1, 0.15) is 0 Å². The number of hydrogen-bond donors (Lipinski definition) is 1. The van der Waals surface area contributed by atoms with Crippen LogP contribution >= 0.6 is 22.7 Å². The molecule has 0 bridgehead atoms. The second-order valence-corrected chi connectivity index (χ2v) is 6.10. The van der Waals surface area contributed by atoms with Gasteiger partial charge in [-0.05, 0) is 6.42 Å². The molecule has 2 rings (SSSR count). The average Bonchev–Trinajstić information content (AvgIpc) is 3.00. The molecule has 0 aliphatic carbocycles. The van der Waals surface area contributed by atoms with E-state index < -0.39 is 0 Å². The lowest BCUT2D eigenvalue weighted by Crippen LogP contribution is -2.19. The molecule has 2 aromatic rings. The second kappa shape index (κ2) is 6.23.